The quantitative estimate of drug-likeness (QED) is 0.488. The maximum absolute atomic E-state index is 12.4. The van der Waals surface area contributed by atoms with Crippen LogP contribution in [0.1, 0.15) is 22.8 Å². The number of hydrogen-bond acceptors (Lipinski definition) is 6. The van der Waals surface area contributed by atoms with Gasteiger partial charge in [0.2, 0.25) is 5.75 Å². The van der Waals surface area contributed by atoms with Crippen LogP contribution >= 0.6 is 0 Å². The molecule has 30 heavy (non-hydrogen) atoms. The van der Waals surface area contributed by atoms with E-state index in [0.29, 0.717) is 17.2 Å². The first-order valence-electron chi connectivity index (χ1n) is 9.12. The van der Waals surface area contributed by atoms with Gasteiger partial charge in [-0.05, 0) is 30.2 Å². The summed E-state index contributed by atoms with van der Waals surface area (Å²) in [6.07, 6.45) is 3.47. The second kappa shape index (κ2) is 11.3. The average molecular weight is 411 g/mol. The van der Waals surface area contributed by atoms with Crippen molar-refractivity contribution >= 4 is 24.1 Å². The van der Waals surface area contributed by atoms with Gasteiger partial charge in [0, 0.05) is 5.56 Å². The summed E-state index contributed by atoms with van der Waals surface area (Å²) in [5.41, 5.74) is 4.54. The summed E-state index contributed by atoms with van der Waals surface area (Å²) in [5, 5.41) is 6.42. The number of amides is 2. The van der Waals surface area contributed by atoms with E-state index in [4.69, 9.17) is 14.2 Å². The van der Waals surface area contributed by atoms with E-state index >= 15 is 0 Å². The summed E-state index contributed by atoms with van der Waals surface area (Å²) >= 11 is 0. The Morgan fingerprint density at radius 3 is 2.20 bits per heavy atom. The summed E-state index contributed by atoms with van der Waals surface area (Å²) < 4.78 is 15.7. The van der Waals surface area contributed by atoms with Gasteiger partial charge >= 0.3 is 0 Å². The number of benzene rings is 2. The zero-order chi connectivity index (χ0) is 21.9. The molecule has 0 aromatic heterocycles. The fraction of sp³-hybridized carbons (Fsp3) is 0.227. The van der Waals surface area contributed by atoms with Gasteiger partial charge in [-0.3, -0.25) is 9.59 Å². The molecule has 0 radical (unpaired) electrons. The minimum absolute atomic E-state index is 0.242. The molecule has 0 fully saturated rings. The van der Waals surface area contributed by atoms with E-state index in [2.05, 4.69) is 15.8 Å². The van der Waals surface area contributed by atoms with Crippen molar-refractivity contribution in [3.8, 4) is 17.2 Å². The Bertz CT molecular complexity index is 914. The standard InChI is InChI=1S/C22H25N3O5/c1-15(10-16-8-6-5-7-9-16)13-24-25-20(26)14-23-22(27)17-11-18(28-2)21(30-4)19(12-17)29-3/h5-13H,14H2,1-4H3,(H,23,27)(H,25,26)/b15-10-,24-13+. The monoisotopic (exact) mass is 411 g/mol. The Morgan fingerprint density at radius 1 is 1.00 bits per heavy atom. The molecule has 2 N–H and O–H groups in total. The van der Waals surface area contributed by atoms with Crippen LogP contribution < -0.4 is 25.0 Å². The van der Waals surface area contributed by atoms with Gasteiger partial charge in [-0.1, -0.05) is 36.4 Å². The molecule has 158 valence electrons. The first-order chi connectivity index (χ1) is 14.5. The molecular weight excluding hydrogens is 386 g/mol. The lowest BCUT2D eigenvalue weighted by Crippen LogP contribution is -2.34. The molecule has 0 aliphatic carbocycles. The molecule has 0 saturated carbocycles. The van der Waals surface area contributed by atoms with Crippen LogP contribution in [0, 0.1) is 0 Å². The predicted octanol–water partition coefficient (Wildman–Crippen LogP) is 2.65. The maximum Gasteiger partial charge on any atom is 0.259 e. The maximum atomic E-state index is 12.4. The van der Waals surface area contributed by atoms with Gasteiger partial charge in [0.1, 0.15) is 0 Å². The Kier molecular flexibility index (Phi) is 8.43. The van der Waals surface area contributed by atoms with Crippen molar-refractivity contribution in [3.05, 3.63) is 59.2 Å². The smallest absolute Gasteiger partial charge is 0.259 e. The molecule has 0 aliphatic heterocycles. The number of hydrogen-bond donors (Lipinski definition) is 2. The molecule has 8 heteroatoms. The first kappa shape index (κ1) is 22.5. The third-order valence-corrected chi connectivity index (χ3v) is 3.99. The highest BCUT2D eigenvalue weighted by molar-refractivity contribution is 5.97. The minimum atomic E-state index is -0.464. The highest BCUT2D eigenvalue weighted by atomic mass is 16.5. The van der Waals surface area contributed by atoms with Crippen molar-refractivity contribution in [1.29, 1.82) is 0 Å². The van der Waals surface area contributed by atoms with E-state index < -0.39 is 11.8 Å². The van der Waals surface area contributed by atoms with Crippen LogP contribution in [0.15, 0.2) is 53.1 Å². The lowest BCUT2D eigenvalue weighted by atomic mass is 10.1. The fourth-order valence-corrected chi connectivity index (χ4v) is 2.57. The summed E-state index contributed by atoms with van der Waals surface area (Å²) in [6, 6.07) is 12.8. The van der Waals surface area contributed by atoms with Crippen molar-refractivity contribution < 1.29 is 23.8 Å². The van der Waals surface area contributed by atoms with Crippen molar-refractivity contribution in [3.63, 3.8) is 0 Å². The van der Waals surface area contributed by atoms with Crippen molar-refractivity contribution in [2.24, 2.45) is 5.10 Å². The molecule has 2 rings (SSSR count). The van der Waals surface area contributed by atoms with Crippen LogP contribution in [0.2, 0.25) is 0 Å². The number of carbonyl (C=O) groups excluding carboxylic acids is 2. The number of rotatable bonds is 9. The lowest BCUT2D eigenvalue weighted by Gasteiger charge is -2.14. The largest absolute Gasteiger partial charge is 0.493 e. The van der Waals surface area contributed by atoms with Crippen LogP contribution in [-0.4, -0.2) is 45.9 Å². The number of allylic oxidation sites excluding steroid dienone is 1. The molecule has 0 aliphatic rings. The van der Waals surface area contributed by atoms with E-state index in [1.54, 1.807) is 0 Å². The molecule has 2 amide bonds. The molecule has 0 spiro atoms. The van der Waals surface area contributed by atoms with Crippen molar-refractivity contribution in [2.75, 3.05) is 27.9 Å². The number of hydrazone groups is 1. The van der Waals surface area contributed by atoms with Gasteiger partial charge in [0.05, 0.1) is 34.1 Å². The second-order valence-electron chi connectivity index (χ2n) is 6.19. The molecule has 8 nitrogen and oxygen atoms in total. The van der Waals surface area contributed by atoms with Gasteiger partial charge in [-0.15, -0.1) is 0 Å². The Hall–Kier alpha value is -3.81. The van der Waals surface area contributed by atoms with E-state index in [0.717, 1.165) is 11.1 Å². The predicted molar refractivity (Wildman–Crippen MR) is 115 cm³/mol. The van der Waals surface area contributed by atoms with Gasteiger partial charge in [-0.25, -0.2) is 5.43 Å². The molecule has 2 aromatic rings. The molecule has 0 unspecified atom stereocenters. The summed E-state index contributed by atoms with van der Waals surface area (Å²) in [7, 11) is 4.39. The lowest BCUT2D eigenvalue weighted by molar-refractivity contribution is -0.120. The SMILES string of the molecule is COc1cc(C(=O)NCC(=O)N/N=C/C(C)=C\c2ccccc2)cc(OC)c1OC. The van der Waals surface area contributed by atoms with Gasteiger partial charge in [-0.2, -0.15) is 5.10 Å². The van der Waals surface area contributed by atoms with Crippen LogP contribution in [0.25, 0.3) is 6.08 Å². The Labute approximate surface area is 175 Å². The second-order valence-corrected chi connectivity index (χ2v) is 6.19. The number of methoxy groups -OCH3 is 3. The molecule has 0 atom stereocenters. The van der Waals surface area contributed by atoms with E-state index in [1.807, 2.05) is 43.3 Å². The highest BCUT2D eigenvalue weighted by Gasteiger charge is 2.17. The van der Waals surface area contributed by atoms with Crippen molar-refractivity contribution in [1.82, 2.24) is 10.7 Å². The summed E-state index contributed by atoms with van der Waals surface area (Å²) in [5.74, 6) is 0.143. The molecule has 0 heterocycles. The zero-order valence-corrected chi connectivity index (χ0v) is 17.4. The third kappa shape index (κ3) is 6.37. The molecular formula is C22H25N3O5. The van der Waals surface area contributed by atoms with Crippen LogP contribution in [0.5, 0.6) is 17.2 Å². The van der Waals surface area contributed by atoms with E-state index in [1.165, 1.54) is 39.7 Å². The van der Waals surface area contributed by atoms with Gasteiger partial charge < -0.3 is 19.5 Å². The normalized spacial score (nSPS) is 11.1. The van der Waals surface area contributed by atoms with Gasteiger partial charge in [0.15, 0.2) is 11.5 Å². The van der Waals surface area contributed by atoms with Gasteiger partial charge in [0.25, 0.3) is 11.8 Å². The molecule has 0 saturated heterocycles. The Balaban J connectivity index is 1.91. The third-order valence-electron chi connectivity index (χ3n) is 3.99. The average Bonchev–Trinajstić information content (AvgIpc) is 2.76. The minimum Gasteiger partial charge on any atom is -0.493 e. The van der Waals surface area contributed by atoms with Crippen LogP contribution in [-0.2, 0) is 4.79 Å². The topological polar surface area (TPSA) is 98.2 Å². The first-order valence-corrected chi connectivity index (χ1v) is 9.12. The molecule has 2 aromatic carbocycles. The van der Waals surface area contributed by atoms with E-state index in [-0.39, 0.29) is 12.1 Å². The Morgan fingerprint density at radius 2 is 1.63 bits per heavy atom. The number of nitrogens with zero attached hydrogens (tertiary/aromatic N) is 1. The summed E-state index contributed by atoms with van der Waals surface area (Å²) in [6.45, 7) is 1.63. The molecule has 0 bridgehead atoms. The zero-order valence-electron chi connectivity index (χ0n) is 17.4. The number of ether oxygens (including phenoxy) is 3. The number of nitrogens with one attached hydrogen (secondary N) is 2. The van der Waals surface area contributed by atoms with E-state index in [9.17, 15) is 9.59 Å². The van der Waals surface area contributed by atoms with Crippen molar-refractivity contribution in [2.45, 2.75) is 6.92 Å². The van der Waals surface area contributed by atoms with Crippen LogP contribution in [0.3, 0.4) is 0 Å². The summed E-state index contributed by atoms with van der Waals surface area (Å²) in [4.78, 5) is 24.3. The van der Waals surface area contributed by atoms with Crippen LogP contribution in [0.4, 0.5) is 0 Å². The highest BCUT2D eigenvalue weighted by Crippen LogP contribution is 2.38. The fourth-order valence-electron chi connectivity index (χ4n) is 2.57. The number of carbonyl (C=O) groups is 2.